The Hall–Kier alpha value is -4.42. The maximum atomic E-state index is 6.07. The second-order valence-corrected chi connectivity index (χ2v) is 10.4. The Labute approximate surface area is 227 Å². The van der Waals surface area contributed by atoms with E-state index in [1.54, 1.807) is 0 Å². The minimum Gasteiger partial charge on any atom is -0.492 e. The van der Waals surface area contributed by atoms with E-state index in [9.17, 15) is 0 Å². The van der Waals surface area contributed by atoms with Gasteiger partial charge in [-0.15, -0.1) is 0 Å². The Morgan fingerprint density at radius 3 is 2.03 bits per heavy atom. The molecule has 2 N–H and O–H groups in total. The molecule has 0 atom stereocenters. The molecule has 7 rings (SSSR count). The molecule has 3 aliphatic rings. The normalized spacial score (nSPS) is 15.3. The van der Waals surface area contributed by atoms with Crippen molar-refractivity contribution in [2.24, 2.45) is 0 Å². The fourth-order valence-electron chi connectivity index (χ4n) is 5.45. The van der Waals surface area contributed by atoms with Crippen LogP contribution in [0.5, 0.6) is 5.75 Å². The van der Waals surface area contributed by atoms with E-state index in [1.807, 2.05) is 12.2 Å². The number of fused-ring (bicyclic) bond motifs is 8. The van der Waals surface area contributed by atoms with Gasteiger partial charge in [-0.05, 0) is 110 Å². The molecule has 1 fully saturated rings. The van der Waals surface area contributed by atoms with E-state index in [-0.39, 0.29) is 0 Å². The van der Waals surface area contributed by atoms with E-state index in [2.05, 4.69) is 93.7 Å². The van der Waals surface area contributed by atoms with Crippen molar-refractivity contribution >= 4 is 45.9 Å². The quantitative estimate of drug-likeness (QED) is 0.262. The summed E-state index contributed by atoms with van der Waals surface area (Å²) in [5, 5.41) is 0. The molecule has 0 aliphatic carbocycles. The molecule has 0 unspecified atom stereocenters. The molecule has 194 valence electrons. The Bertz CT molecular complexity index is 1720. The third-order valence-electron chi connectivity index (χ3n) is 7.46. The van der Waals surface area contributed by atoms with Crippen molar-refractivity contribution in [2.75, 3.05) is 26.2 Å². The molecular formula is C33H31N5O. The molecule has 0 amide bonds. The minimum atomic E-state index is 0.719. The number of aromatic nitrogens is 4. The van der Waals surface area contributed by atoms with Crippen LogP contribution in [0.2, 0.25) is 0 Å². The van der Waals surface area contributed by atoms with Crippen molar-refractivity contribution in [1.29, 1.82) is 0 Å². The zero-order valence-electron chi connectivity index (χ0n) is 21.9. The molecule has 0 radical (unpaired) electrons. The van der Waals surface area contributed by atoms with Gasteiger partial charge in [-0.3, -0.25) is 4.90 Å². The van der Waals surface area contributed by atoms with Gasteiger partial charge in [-0.2, -0.15) is 0 Å². The lowest BCUT2D eigenvalue weighted by Crippen LogP contribution is -2.33. The van der Waals surface area contributed by atoms with Crippen LogP contribution in [-0.4, -0.2) is 51.1 Å². The SMILES string of the molecule is C1=Cc2cc3ccc(cc4ccc(cc5nc(cc1n2)C(c1ccc(OCCN2CCCCC2)cc1)=C5)[nH]4)[nH]3. The molecule has 39 heavy (non-hydrogen) atoms. The molecule has 0 saturated carbocycles. The molecule has 6 heterocycles. The fraction of sp³-hybridized carbons (Fsp3) is 0.212. The van der Waals surface area contributed by atoms with Crippen molar-refractivity contribution in [3.8, 4) is 5.75 Å². The van der Waals surface area contributed by atoms with Gasteiger partial charge in [0.25, 0.3) is 0 Å². The molecule has 3 aliphatic heterocycles. The summed E-state index contributed by atoms with van der Waals surface area (Å²) in [7, 11) is 0. The van der Waals surface area contributed by atoms with Crippen LogP contribution in [0.25, 0.3) is 45.9 Å². The summed E-state index contributed by atoms with van der Waals surface area (Å²) in [5.74, 6) is 0.901. The summed E-state index contributed by atoms with van der Waals surface area (Å²) in [6.45, 7) is 4.09. The minimum absolute atomic E-state index is 0.719. The Balaban J connectivity index is 1.22. The van der Waals surface area contributed by atoms with E-state index in [4.69, 9.17) is 14.7 Å². The van der Waals surface area contributed by atoms with Gasteiger partial charge in [-0.1, -0.05) is 18.6 Å². The molecule has 4 aromatic rings. The number of nitrogens with zero attached hydrogens (tertiary/aromatic N) is 3. The van der Waals surface area contributed by atoms with Crippen molar-refractivity contribution in [3.63, 3.8) is 0 Å². The monoisotopic (exact) mass is 513 g/mol. The number of rotatable bonds is 5. The highest BCUT2D eigenvalue weighted by Crippen LogP contribution is 2.30. The average molecular weight is 514 g/mol. The number of aromatic amines is 2. The molecular weight excluding hydrogens is 482 g/mol. The third kappa shape index (κ3) is 5.42. The summed E-state index contributed by atoms with van der Waals surface area (Å²) in [6, 6.07) is 25.0. The summed E-state index contributed by atoms with van der Waals surface area (Å²) >= 11 is 0. The average Bonchev–Trinajstić information content (AvgIpc) is 3.76. The number of benzene rings is 1. The van der Waals surface area contributed by atoms with Crippen LogP contribution in [0.15, 0.2) is 72.8 Å². The van der Waals surface area contributed by atoms with Crippen molar-refractivity contribution < 1.29 is 4.74 Å². The predicted molar refractivity (Wildman–Crippen MR) is 159 cm³/mol. The van der Waals surface area contributed by atoms with E-state index in [0.29, 0.717) is 0 Å². The van der Waals surface area contributed by atoms with Gasteiger partial charge >= 0.3 is 0 Å². The number of hydrogen-bond acceptors (Lipinski definition) is 4. The van der Waals surface area contributed by atoms with Crippen LogP contribution in [0.1, 0.15) is 47.6 Å². The predicted octanol–water partition coefficient (Wildman–Crippen LogP) is 6.94. The second-order valence-electron chi connectivity index (χ2n) is 10.4. The first-order chi connectivity index (χ1) is 19.2. The van der Waals surface area contributed by atoms with Gasteiger partial charge in [0.05, 0.1) is 22.8 Å². The number of ether oxygens (including phenoxy) is 1. The number of piperidine rings is 1. The topological polar surface area (TPSA) is 69.8 Å². The Morgan fingerprint density at radius 1 is 0.667 bits per heavy atom. The number of hydrogen-bond donors (Lipinski definition) is 2. The zero-order valence-corrected chi connectivity index (χ0v) is 21.9. The Morgan fingerprint density at radius 2 is 1.31 bits per heavy atom. The summed E-state index contributed by atoms with van der Waals surface area (Å²) < 4.78 is 6.07. The molecule has 6 nitrogen and oxygen atoms in total. The Kier molecular flexibility index (Phi) is 6.31. The number of likely N-dealkylation sites (tertiary alicyclic amines) is 1. The van der Waals surface area contributed by atoms with Crippen LogP contribution in [-0.2, 0) is 0 Å². The number of nitrogens with one attached hydrogen (secondary N) is 2. The fourth-order valence-corrected chi connectivity index (χ4v) is 5.45. The van der Waals surface area contributed by atoms with Gasteiger partial charge in [0.15, 0.2) is 0 Å². The lowest BCUT2D eigenvalue weighted by Gasteiger charge is -2.26. The van der Waals surface area contributed by atoms with Gasteiger partial charge < -0.3 is 14.7 Å². The molecule has 3 aromatic heterocycles. The van der Waals surface area contributed by atoms with Crippen molar-refractivity contribution in [3.05, 3.63) is 101 Å². The smallest absolute Gasteiger partial charge is 0.119 e. The molecule has 0 spiro atoms. The first-order valence-corrected chi connectivity index (χ1v) is 13.8. The lowest BCUT2D eigenvalue weighted by molar-refractivity contribution is 0.183. The highest BCUT2D eigenvalue weighted by Gasteiger charge is 2.14. The molecule has 6 heteroatoms. The van der Waals surface area contributed by atoms with Gasteiger partial charge in [0.2, 0.25) is 0 Å². The lowest BCUT2D eigenvalue weighted by atomic mass is 10.0. The highest BCUT2D eigenvalue weighted by molar-refractivity contribution is 5.93. The van der Waals surface area contributed by atoms with Crippen LogP contribution < -0.4 is 4.74 Å². The molecule has 1 saturated heterocycles. The van der Waals surface area contributed by atoms with Crippen LogP contribution >= 0.6 is 0 Å². The van der Waals surface area contributed by atoms with E-state index in [1.165, 1.54) is 32.4 Å². The van der Waals surface area contributed by atoms with Gasteiger partial charge in [-0.25, -0.2) is 9.97 Å². The van der Waals surface area contributed by atoms with Gasteiger partial charge in [0.1, 0.15) is 12.4 Å². The molecule has 1 aromatic carbocycles. The number of H-pyrrole nitrogens is 2. The van der Waals surface area contributed by atoms with Crippen LogP contribution in [0, 0.1) is 0 Å². The standard InChI is InChI=1S/C33H31N5O/c1-2-14-38(15-3-1)16-17-39-31-12-4-23(5-13-31)32-21-30-20-28-9-8-26(35-28)18-24-6-7-25(34-24)19-27-10-11-29(36-27)22-33(32)37-30/h4-13,18-22,34-35H,1-3,14-17H2. The zero-order chi connectivity index (χ0) is 26.0. The van der Waals surface area contributed by atoms with Crippen LogP contribution in [0.3, 0.4) is 0 Å². The largest absolute Gasteiger partial charge is 0.492 e. The van der Waals surface area contributed by atoms with E-state index in [0.717, 1.165) is 74.9 Å². The summed E-state index contributed by atoms with van der Waals surface area (Å²) in [4.78, 5) is 19.2. The van der Waals surface area contributed by atoms with Gasteiger partial charge in [0, 0.05) is 34.2 Å². The maximum absolute atomic E-state index is 6.07. The van der Waals surface area contributed by atoms with Crippen molar-refractivity contribution in [2.45, 2.75) is 19.3 Å². The molecule has 8 bridgehead atoms. The summed E-state index contributed by atoms with van der Waals surface area (Å²) in [5.41, 5.74) is 9.87. The van der Waals surface area contributed by atoms with E-state index < -0.39 is 0 Å². The third-order valence-corrected chi connectivity index (χ3v) is 7.46. The van der Waals surface area contributed by atoms with Crippen molar-refractivity contribution in [1.82, 2.24) is 24.8 Å². The maximum Gasteiger partial charge on any atom is 0.119 e. The summed E-state index contributed by atoms with van der Waals surface area (Å²) in [6.07, 6.45) is 10.2. The van der Waals surface area contributed by atoms with Crippen LogP contribution in [0.4, 0.5) is 0 Å². The van der Waals surface area contributed by atoms with E-state index >= 15 is 0 Å². The second kappa shape index (κ2) is 10.4. The first-order valence-electron chi connectivity index (χ1n) is 13.8. The first kappa shape index (κ1) is 23.7. The highest BCUT2D eigenvalue weighted by atomic mass is 16.5.